The molecule has 0 aliphatic carbocycles. The number of halogens is 2. The van der Waals surface area contributed by atoms with E-state index in [2.05, 4.69) is 0 Å². The summed E-state index contributed by atoms with van der Waals surface area (Å²) in [6.07, 6.45) is -1.59. The molecule has 0 saturated heterocycles. The minimum atomic E-state index is -1.59. The van der Waals surface area contributed by atoms with Gasteiger partial charge in [-0.25, -0.2) is 8.78 Å². The minimum Gasteiger partial charge on any atom is -0.451 e. The van der Waals surface area contributed by atoms with Crippen LogP contribution in [0.15, 0.2) is 42.5 Å². The van der Waals surface area contributed by atoms with Gasteiger partial charge in [0.25, 0.3) is 0 Å². The molecule has 96 valence electrons. The van der Waals surface area contributed by atoms with E-state index in [9.17, 15) is 13.9 Å². The Kier molecular flexibility index (Phi) is 3.74. The van der Waals surface area contributed by atoms with E-state index in [4.69, 9.17) is 10.00 Å². The number of hydrogen-bond donors (Lipinski definition) is 1. The number of aliphatic hydroxyl groups is 1. The average Bonchev–Trinajstić information content (AvgIpc) is 2.42. The molecule has 5 heteroatoms. The topological polar surface area (TPSA) is 53.2 Å². The highest BCUT2D eigenvalue weighted by Gasteiger charge is 2.17. The van der Waals surface area contributed by atoms with Gasteiger partial charge in [-0.1, -0.05) is 24.3 Å². The van der Waals surface area contributed by atoms with E-state index in [1.54, 1.807) is 6.07 Å². The molecule has 0 saturated carbocycles. The zero-order chi connectivity index (χ0) is 13.8. The lowest BCUT2D eigenvalue weighted by atomic mass is 10.1. The maximum absolute atomic E-state index is 14.0. The first-order valence-electron chi connectivity index (χ1n) is 5.42. The van der Waals surface area contributed by atoms with Crippen LogP contribution in [0.2, 0.25) is 0 Å². The van der Waals surface area contributed by atoms with Crippen LogP contribution >= 0.6 is 0 Å². The van der Waals surface area contributed by atoms with Crippen molar-refractivity contribution in [1.82, 2.24) is 0 Å². The Morgan fingerprint density at radius 2 is 1.74 bits per heavy atom. The SMILES string of the molecule is N#CC(O)c1cccc(Oc2ccccc2F)c1F. The van der Waals surface area contributed by atoms with Crippen LogP contribution in [0.1, 0.15) is 11.7 Å². The number of nitrogens with zero attached hydrogens (tertiary/aromatic N) is 1. The summed E-state index contributed by atoms with van der Waals surface area (Å²) in [5.74, 6) is -1.91. The zero-order valence-corrected chi connectivity index (χ0v) is 9.68. The highest BCUT2D eigenvalue weighted by molar-refractivity contribution is 5.38. The van der Waals surface area contributed by atoms with E-state index in [0.29, 0.717) is 0 Å². The number of rotatable bonds is 3. The molecule has 2 aromatic carbocycles. The Balaban J connectivity index is 2.37. The molecule has 0 spiro atoms. The molecule has 0 aromatic heterocycles. The summed E-state index contributed by atoms with van der Waals surface area (Å²) in [5.41, 5.74) is -0.212. The molecular formula is C14H9F2NO2. The van der Waals surface area contributed by atoms with Crippen molar-refractivity contribution in [3.05, 3.63) is 59.7 Å². The van der Waals surface area contributed by atoms with Gasteiger partial charge in [0.1, 0.15) is 0 Å². The first kappa shape index (κ1) is 13.0. The van der Waals surface area contributed by atoms with Crippen LogP contribution in [0, 0.1) is 23.0 Å². The molecule has 0 radical (unpaired) electrons. The van der Waals surface area contributed by atoms with Crippen molar-refractivity contribution < 1.29 is 18.6 Å². The third-order valence-corrected chi connectivity index (χ3v) is 2.47. The molecule has 19 heavy (non-hydrogen) atoms. The molecule has 0 heterocycles. The third-order valence-electron chi connectivity index (χ3n) is 2.47. The predicted octanol–water partition coefficient (Wildman–Crippen LogP) is 3.31. The van der Waals surface area contributed by atoms with Gasteiger partial charge in [0.2, 0.25) is 0 Å². The lowest BCUT2D eigenvalue weighted by Gasteiger charge is -2.10. The summed E-state index contributed by atoms with van der Waals surface area (Å²) >= 11 is 0. The Labute approximate surface area is 108 Å². The van der Waals surface area contributed by atoms with Gasteiger partial charge in [0, 0.05) is 5.56 Å². The number of nitriles is 1. The van der Waals surface area contributed by atoms with E-state index in [-0.39, 0.29) is 17.1 Å². The van der Waals surface area contributed by atoms with Crippen molar-refractivity contribution >= 4 is 0 Å². The average molecular weight is 261 g/mol. The summed E-state index contributed by atoms with van der Waals surface area (Å²) in [5, 5.41) is 17.9. The van der Waals surface area contributed by atoms with Crippen LogP contribution in [0.4, 0.5) is 8.78 Å². The van der Waals surface area contributed by atoms with Crippen molar-refractivity contribution in [3.63, 3.8) is 0 Å². The maximum Gasteiger partial charge on any atom is 0.172 e. The molecule has 1 N–H and O–H groups in total. The highest BCUT2D eigenvalue weighted by Crippen LogP contribution is 2.30. The van der Waals surface area contributed by atoms with Crippen LogP contribution < -0.4 is 4.74 Å². The molecule has 3 nitrogen and oxygen atoms in total. The third kappa shape index (κ3) is 2.69. The Morgan fingerprint density at radius 3 is 2.42 bits per heavy atom. The van der Waals surface area contributed by atoms with Crippen LogP contribution in [0.5, 0.6) is 11.5 Å². The molecule has 1 atom stereocenters. The fourth-order valence-corrected chi connectivity index (χ4v) is 1.53. The first-order chi connectivity index (χ1) is 9.13. The standard InChI is InChI=1S/C14H9F2NO2/c15-10-5-1-2-6-12(10)19-13-7-3-4-9(14(13)16)11(18)8-17/h1-7,11,18H. The predicted molar refractivity (Wildman–Crippen MR) is 63.4 cm³/mol. The quantitative estimate of drug-likeness (QED) is 0.862. The van der Waals surface area contributed by atoms with Crippen molar-refractivity contribution in [1.29, 1.82) is 5.26 Å². The summed E-state index contributed by atoms with van der Waals surface area (Å²) in [4.78, 5) is 0. The van der Waals surface area contributed by atoms with Gasteiger partial charge in [-0.2, -0.15) is 5.26 Å². The normalized spacial score (nSPS) is 11.7. The fraction of sp³-hybridized carbons (Fsp3) is 0.0714. The van der Waals surface area contributed by atoms with Crippen LogP contribution in [-0.2, 0) is 0 Å². The van der Waals surface area contributed by atoms with Crippen LogP contribution in [-0.4, -0.2) is 5.11 Å². The largest absolute Gasteiger partial charge is 0.451 e. The van der Waals surface area contributed by atoms with E-state index in [1.807, 2.05) is 0 Å². The molecule has 0 aliphatic rings. The minimum absolute atomic E-state index is 0.134. The molecule has 0 bridgehead atoms. The molecule has 2 rings (SSSR count). The highest BCUT2D eigenvalue weighted by atomic mass is 19.1. The second kappa shape index (κ2) is 5.46. The van der Waals surface area contributed by atoms with E-state index in [0.717, 1.165) is 0 Å². The molecular weight excluding hydrogens is 252 g/mol. The molecule has 0 fully saturated rings. The van der Waals surface area contributed by atoms with Crippen molar-refractivity contribution in [3.8, 4) is 17.6 Å². The first-order valence-corrected chi connectivity index (χ1v) is 5.42. The fourth-order valence-electron chi connectivity index (χ4n) is 1.53. The van der Waals surface area contributed by atoms with E-state index in [1.165, 1.54) is 42.5 Å². The summed E-state index contributed by atoms with van der Waals surface area (Å²) in [7, 11) is 0. The molecule has 0 amide bonds. The number of hydrogen-bond acceptors (Lipinski definition) is 3. The summed E-state index contributed by atoms with van der Waals surface area (Å²) in [6, 6.07) is 11.0. The van der Waals surface area contributed by atoms with Crippen molar-refractivity contribution in [2.24, 2.45) is 0 Å². The van der Waals surface area contributed by atoms with Gasteiger partial charge < -0.3 is 9.84 Å². The van der Waals surface area contributed by atoms with E-state index >= 15 is 0 Å². The number of aliphatic hydroxyl groups excluding tert-OH is 1. The Hall–Kier alpha value is -2.45. The van der Waals surface area contributed by atoms with E-state index < -0.39 is 17.7 Å². The van der Waals surface area contributed by atoms with Gasteiger partial charge in [-0.15, -0.1) is 0 Å². The van der Waals surface area contributed by atoms with Gasteiger partial charge >= 0.3 is 0 Å². The molecule has 1 unspecified atom stereocenters. The number of para-hydroxylation sites is 1. The summed E-state index contributed by atoms with van der Waals surface area (Å²) in [6.45, 7) is 0. The van der Waals surface area contributed by atoms with Crippen molar-refractivity contribution in [2.75, 3.05) is 0 Å². The number of benzene rings is 2. The van der Waals surface area contributed by atoms with Crippen molar-refractivity contribution in [2.45, 2.75) is 6.10 Å². The van der Waals surface area contributed by atoms with Crippen LogP contribution in [0.25, 0.3) is 0 Å². The molecule has 2 aromatic rings. The van der Waals surface area contributed by atoms with Gasteiger partial charge in [-0.3, -0.25) is 0 Å². The summed E-state index contributed by atoms with van der Waals surface area (Å²) < 4.78 is 32.5. The smallest absolute Gasteiger partial charge is 0.172 e. The zero-order valence-electron chi connectivity index (χ0n) is 9.68. The Bertz CT molecular complexity index is 638. The van der Waals surface area contributed by atoms with Gasteiger partial charge in [-0.05, 0) is 18.2 Å². The second-order valence-electron chi connectivity index (χ2n) is 3.72. The second-order valence-corrected chi connectivity index (χ2v) is 3.72. The monoisotopic (exact) mass is 261 g/mol. The lowest BCUT2D eigenvalue weighted by molar-refractivity contribution is 0.229. The number of ether oxygens (including phenoxy) is 1. The van der Waals surface area contributed by atoms with Crippen LogP contribution in [0.3, 0.4) is 0 Å². The Morgan fingerprint density at radius 1 is 1.05 bits per heavy atom. The maximum atomic E-state index is 14.0. The van der Waals surface area contributed by atoms with Gasteiger partial charge in [0.15, 0.2) is 29.2 Å². The van der Waals surface area contributed by atoms with Gasteiger partial charge in [0.05, 0.1) is 6.07 Å². The lowest BCUT2D eigenvalue weighted by Crippen LogP contribution is -2.00. The molecule has 0 aliphatic heterocycles.